The van der Waals surface area contributed by atoms with E-state index >= 15 is 0 Å². The third kappa shape index (κ3) is 79.9. The van der Waals surface area contributed by atoms with Crippen LogP contribution in [-0.4, -0.2) is 49.3 Å². The fraction of sp³-hybridized carbons (Fsp3) is 0.976. The minimum Gasteiger partial charge on any atom is -0.462 e. The van der Waals surface area contributed by atoms with Crippen LogP contribution in [0.5, 0.6) is 0 Å². The Bertz CT molecular complexity index is 1480. The Labute approximate surface area is 581 Å². The van der Waals surface area contributed by atoms with E-state index < -0.39 is 26.5 Å². The van der Waals surface area contributed by atoms with Crippen LogP contribution in [0, 0.1) is 0 Å². The van der Waals surface area contributed by atoms with Crippen molar-refractivity contribution in [1.29, 1.82) is 0 Å². The molecule has 9 nitrogen and oxygen atoms in total. The fourth-order valence-electron chi connectivity index (χ4n) is 13.7. The van der Waals surface area contributed by atoms with E-state index in [0.717, 1.165) is 32.1 Å². The van der Waals surface area contributed by atoms with Crippen LogP contribution in [0.1, 0.15) is 489 Å². The molecule has 0 saturated heterocycles. The molecule has 0 saturated carbocycles. The Morgan fingerprint density at radius 1 is 0.280 bits per heavy atom. The molecule has 3 N–H and O–H groups in total. The summed E-state index contributed by atoms with van der Waals surface area (Å²) in [7, 11) is -4.39. The fourth-order valence-corrected chi connectivity index (χ4v) is 14.5. The molecule has 0 aromatic carbocycles. The summed E-state index contributed by atoms with van der Waals surface area (Å²) in [5.41, 5.74) is 5.42. The van der Waals surface area contributed by atoms with Crippen molar-refractivity contribution in [3.63, 3.8) is 0 Å². The lowest BCUT2D eigenvalue weighted by Crippen LogP contribution is -2.29. The zero-order valence-corrected chi connectivity index (χ0v) is 64.0. The van der Waals surface area contributed by atoms with Crippen molar-refractivity contribution in [2.75, 3.05) is 26.4 Å². The Kier molecular flexibility index (Phi) is 79.1. The smallest absolute Gasteiger partial charge is 0.462 e. The predicted octanol–water partition coefficient (Wildman–Crippen LogP) is 28.4. The van der Waals surface area contributed by atoms with Crippen LogP contribution in [-0.2, 0) is 32.7 Å². The number of hydrogen-bond acceptors (Lipinski definition) is 8. The molecule has 0 radical (unpaired) electrons. The van der Waals surface area contributed by atoms with Gasteiger partial charge in [0.25, 0.3) is 0 Å². The second-order valence-electron chi connectivity index (χ2n) is 29.4. The summed E-state index contributed by atoms with van der Waals surface area (Å²) < 4.78 is 33.3. The molecule has 2 unspecified atom stereocenters. The highest BCUT2D eigenvalue weighted by molar-refractivity contribution is 7.47. The van der Waals surface area contributed by atoms with Crippen LogP contribution >= 0.6 is 7.82 Å². The van der Waals surface area contributed by atoms with E-state index in [1.807, 2.05) is 0 Å². The Hall–Kier alpha value is -0.990. The van der Waals surface area contributed by atoms with Gasteiger partial charge in [0.1, 0.15) is 6.61 Å². The van der Waals surface area contributed by atoms with Gasteiger partial charge in [-0.1, -0.05) is 463 Å². The van der Waals surface area contributed by atoms with Gasteiger partial charge in [-0.25, -0.2) is 4.57 Å². The van der Waals surface area contributed by atoms with Crippen molar-refractivity contribution >= 4 is 19.8 Å². The molecule has 10 heteroatoms. The summed E-state index contributed by atoms with van der Waals surface area (Å²) >= 11 is 0. The van der Waals surface area contributed by atoms with Gasteiger partial charge in [-0.2, -0.15) is 0 Å². The van der Waals surface area contributed by atoms with Crippen LogP contribution in [0.4, 0.5) is 0 Å². The third-order valence-electron chi connectivity index (χ3n) is 20.0. The average molecular weight is 1340 g/mol. The van der Waals surface area contributed by atoms with Crippen LogP contribution in [0.2, 0.25) is 0 Å². The first-order chi connectivity index (χ1) is 45.8. The SMILES string of the molecule is CCCCCCCCCCCCCCCCCCCCCCCCCCCCCCCCCCCCCCCCCCCC(=O)OC(COC(=O)CCCCCCCCCCCCCCCCCCCCCCCCCCCCCCCCC)COP(=O)(O)OCCN. The average Bonchev–Trinajstić information content (AvgIpc) is 3.49. The second-order valence-corrected chi connectivity index (χ2v) is 30.9. The summed E-state index contributed by atoms with van der Waals surface area (Å²) in [6.45, 7) is 3.86. The zero-order valence-electron chi connectivity index (χ0n) is 63.1. The van der Waals surface area contributed by atoms with Crippen molar-refractivity contribution in [3.8, 4) is 0 Å². The van der Waals surface area contributed by atoms with Gasteiger partial charge in [0.15, 0.2) is 6.10 Å². The van der Waals surface area contributed by atoms with Crippen LogP contribution in [0.25, 0.3) is 0 Å². The summed E-state index contributed by atoms with van der Waals surface area (Å²) in [6.07, 6.45) is 98.6. The molecule has 0 aromatic rings. The lowest BCUT2D eigenvalue weighted by atomic mass is 10.0. The van der Waals surface area contributed by atoms with E-state index in [2.05, 4.69) is 13.8 Å². The number of rotatable bonds is 83. The first-order valence-electron chi connectivity index (χ1n) is 42.5. The van der Waals surface area contributed by atoms with E-state index in [1.165, 1.54) is 424 Å². The Morgan fingerprint density at radius 3 is 0.656 bits per heavy atom. The summed E-state index contributed by atoms with van der Waals surface area (Å²) in [4.78, 5) is 35.5. The van der Waals surface area contributed by atoms with Gasteiger partial charge in [0.05, 0.1) is 13.2 Å². The zero-order chi connectivity index (χ0) is 67.2. The molecule has 0 spiro atoms. The molecule has 0 heterocycles. The van der Waals surface area contributed by atoms with Gasteiger partial charge in [0.2, 0.25) is 0 Å². The van der Waals surface area contributed by atoms with E-state index in [-0.39, 0.29) is 32.1 Å². The van der Waals surface area contributed by atoms with Gasteiger partial charge in [0, 0.05) is 19.4 Å². The van der Waals surface area contributed by atoms with Crippen molar-refractivity contribution in [3.05, 3.63) is 0 Å². The van der Waals surface area contributed by atoms with Crippen molar-refractivity contribution in [2.45, 2.75) is 495 Å². The maximum absolute atomic E-state index is 12.8. The lowest BCUT2D eigenvalue weighted by molar-refractivity contribution is -0.161. The summed E-state index contributed by atoms with van der Waals surface area (Å²) in [6, 6.07) is 0. The molecular weight excluding hydrogens is 1170 g/mol. The Balaban J connectivity index is 3.68. The second kappa shape index (κ2) is 80.0. The molecule has 0 rings (SSSR count). The largest absolute Gasteiger partial charge is 0.472 e. The van der Waals surface area contributed by atoms with E-state index in [4.69, 9.17) is 24.3 Å². The van der Waals surface area contributed by atoms with Gasteiger partial charge in [-0.15, -0.1) is 0 Å². The van der Waals surface area contributed by atoms with Gasteiger partial charge < -0.3 is 20.1 Å². The quantitative estimate of drug-likeness (QED) is 0.0347. The first kappa shape index (κ1) is 92.0. The number of hydrogen-bond donors (Lipinski definition) is 2. The minimum atomic E-state index is -4.39. The highest BCUT2D eigenvalue weighted by Gasteiger charge is 2.26. The lowest BCUT2D eigenvalue weighted by Gasteiger charge is -2.19. The number of carbonyl (C=O) groups excluding carboxylic acids is 2. The monoisotopic (exact) mass is 1340 g/mol. The molecule has 0 aromatic heterocycles. The molecule has 0 aliphatic carbocycles. The topological polar surface area (TPSA) is 134 Å². The van der Waals surface area contributed by atoms with Crippen molar-refractivity contribution < 1.29 is 37.6 Å². The van der Waals surface area contributed by atoms with Crippen molar-refractivity contribution in [2.24, 2.45) is 5.73 Å². The van der Waals surface area contributed by atoms with E-state index in [9.17, 15) is 19.0 Å². The Morgan fingerprint density at radius 2 is 0.462 bits per heavy atom. The molecule has 0 bridgehead atoms. The highest BCUT2D eigenvalue weighted by atomic mass is 31.2. The molecule has 0 amide bonds. The molecule has 93 heavy (non-hydrogen) atoms. The normalized spacial score (nSPS) is 12.7. The van der Waals surface area contributed by atoms with Gasteiger partial charge in [-0.05, 0) is 12.8 Å². The number of esters is 2. The number of phosphoric ester groups is 1. The maximum atomic E-state index is 12.8. The predicted molar refractivity (Wildman–Crippen MR) is 405 cm³/mol. The van der Waals surface area contributed by atoms with Crippen LogP contribution in [0.3, 0.4) is 0 Å². The third-order valence-corrected chi connectivity index (χ3v) is 21.0. The summed E-state index contributed by atoms with van der Waals surface area (Å²) in [5, 5.41) is 0. The number of carbonyl (C=O) groups is 2. The molecular formula is C83H166NO8P. The molecule has 0 aliphatic rings. The van der Waals surface area contributed by atoms with E-state index in [0.29, 0.717) is 12.8 Å². The van der Waals surface area contributed by atoms with Gasteiger partial charge in [-0.3, -0.25) is 18.6 Å². The standard InChI is InChI=1S/C83H166NO8P/c1-3-5-7-9-11-13-15-17-19-21-23-25-27-29-31-33-35-36-37-38-39-40-41-42-43-44-46-48-50-52-54-56-58-60-62-64-66-68-70-72-74-76-83(86)92-81(80-91-93(87,88)90-78-77-84)79-89-82(85)75-73-71-69-67-65-63-61-59-57-55-53-51-49-47-45-34-32-30-28-26-24-22-20-18-16-14-12-10-8-6-4-2/h81H,3-80,84H2,1-2H3,(H,87,88). The molecule has 0 aliphatic heterocycles. The van der Waals surface area contributed by atoms with Crippen molar-refractivity contribution in [1.82, 2.24) is 0 Å². The number of unbranched alkanes of at least 4 members (excludes halogenated alkanes) is 70. The molecule has 0 fully saturated rings. The molecule has 556 valence electrons. The minimum absolute atomic E-state index is 0.0590. The van der Waals surface area contributed by atoms with Crippen LogP contribution < -0.4 is 5.73 Å². The highest BCUT2D eigenvalue weighted by Crippen LogP contribution is 2.43. The summed E-state index contributed by atoms with van der Waals surface area (Å²) in [5.74, 6) is -0.793. The number of ether oxygens (including phenoxy) is 2. The maximum Gasteiger partial charge on any atom is 0.472 e. The number of nitrogens with two attached hydrogens (primary N) is 1. The van der Waals surface area contributed by atoms with E-state index in [1.54, 1.807) is 0 Å². The van der Waals surface area contributed by atoms with Crippen LogP contribution in [0.15, 0.2) is 0 Å². The molecule has 2 atom stereocenters. The number of phosphoric acid groups is 1. The first-order valence-corrected chi connectivity index (χ1v) is 44.0. The van der Waals surface area contributed by atoms with Gasteiger partial charge >= 0.3 is 19.8 Å².